The molecule has 1 atom stereocenters. The molecule has 0 fully saturated rings. The molecular formula is C15H21N3O2S2. The Kier molecular flexibility index (Phi) is 5.66. The molecule has 2 rings (SSSR count). The van der Waals surface area contributed by atoms with Gasteiger partial charge in [0.15, 0.2) is 5.16 Å². The van der Waals surface area contributed by atoms with Crippen molar-refractivity contribution in [2.24, 2.45) is 0 Å². The van der Waals surface area contributed by atoms with Crippen LogP contribution in [0.1, 0.15) is 32.4 Å². The van der Waals surface area contributed by atoms with Crippen molar-refractivity contribution in [3.05, 3.63) is 34.8 Å². The maximum Gasteiger partial charge on any atom is 0.230 e. The first-order valence-electron chi connectivity index (χ1n) is 7.01. The van der Waals surface area contributed by atoms with Crippen molar-refractivity contribution in [3.8, 4) is 0 Å². The molecule has 0 saturated carbocycles. The van der Waals surface area contributed by atoms with Crippen LogP contribution in [0.4, 0.5) is 0 Å². The van der Waals surface area contributed by atoms with E-state index < -0.39 is 6.10 Å². The minimum absolute atomic E-state index is 0.0650. The molecule has 120 valence electrons. The van der Waals surface area contributed by atoms with E-state index in [9.17, 15) is 9.90 Å². The summed E-state index contributed by atoms with van der Waals surface area (Å²) in [5.74, 6) is 0.173. The Morgan fingerprint density at radius 1 is 1.55 bits per heavy atom. The smallest absolute Gasteiger partial charge is 0.230 e. The van der Waals surface area contributed by atoms with Crippen LogP contribution in [0.25, 0.3) is 0 Å². The molecule has 0 bridgehead atoms. The van der Waals surface area contributed by atoms with E-state index in [4.69, 9.17) is 0 Å². The second-order valence-corrected chi connectivity index (χ2v) is 7.64. The summed E-state index contributed by atoms with van der Waals surface area (Å²) >= 11 is 2.92. The highest BCUT2D eigenvalue weighted by Crippen LogP contribution is 2.23. The Labute approximate surface area is 138 Å². The second kappa shape index (κ2) is 7.30. The summed E-state index contributed by atoms with van der Waals surface area (Å²) in [5, 5.41) is 17.3. The molecule has 2 N–H and O–H groups in total. The Morgan fingerprint density at radius 2 is 2.32 bits per heavy atom. The van der Waals surface area contributed by atoms with E-state index in [1.54, 1.807) is 6.20 Å². The number of aromatic nitrogens is 2. The fourth-order valence-corrected chi connectivity index (χ4v) is 3.56. The third kappa shape index (κ3) is 4.59. The van der Waals surface area contributed by atoms with Gasteiger partial charge in [-0.2, -0.15) is 11.3 Å². The number of thiophene rings is 1. The fourth-order valence-electron chi connectivity index (χ4n) is 1.88. The highest BCUT2D eigenvalue weighted by Gasteiger charge is 2.18. The number of rotatable bonds is 6. The molecule has 0 aromatic carbocycles. The standard InChI is InChI=1S/C15H21N3O2S2/c1-15(2,3)18-6-5-16-14(18)22-10-13(20)17-8-12(19)11-4-7-21-9-11/h4-7,9,12,19H,8,10H2,1-3H3,(H,17,20). The monoisotopic (exact) mass is 339 g/mol. The van der Waals surface area contributed by atoms with E-state index in [0.717, 1.165) is 10.7 Å². The summed E-state index contributed by atoms with van der Waals surface area (Å²) < 4.78 is 2.05. The van der Waals surface area contributed by atoms with Crippen LogP contribution in [0, 0.1) is 0 Å². The van der Waals surface area contributed by atoms with E-state index in [-0.39, 0.29) is 23.7 Å². The number of thioether (sulfide) groups is 1. The molecule has 5 nitrogen and oxygen atoms in total. The van der Waals surface area contributed by atoms with Gasteiger partial charge in [0.2, 0.25) is 5.91 Å². The highest BCUT2D eigenvalue weighted by molar-refractivity contribution is 7.99. The van der Waals surface area contributed by atoms with Gasteiger partial charge in [-0.25, -0.2) is 4.98 Å². The predicted molar refractivity (Wildman–Crippen MR) is 90.2 cm³/mol. The Hall–Kier alpha value is -1.31. The van der Waals surface area contributed by atoms with Gasteiger partial charge in [0.25, 0.3) is 0 Å². The summed E-state index contributed by atoms with van der Waals surface area (Å²) in [6.07, 6.45) is 3.00. The summed E-state index contributed by atoms with van der Waals surface area (Å²) in [6.45, 7) is 6.51. The van der Waals surface area contributed by atoms with Crippen molar-refractivity contribution in [1.82, 2.24) is 14.9 Å². The number of carbonyl (C=O) groups excluding carboxylic acids is 1. The third-order valence-electron chi connectivity index (χ3n) is 3.08. The number of carbonyl (C=O) groups is 1. The number of nitrogens with one attached hydrogen (secondary N) is 1. The van der Waals surface area contributed by atoms with Gasteiger partial charge in [-0.15, -0.1) is 0 Å². The first-order valence-corrected chi connectivity index (χ1v) is 8.94. The first-order chi connectivity index (χ1) is 10.4. The van der Waals surface area contributed by atoms with E-state index in [1.807, 2.05) is 27.6 Å². The third-order valence-corrected chi connectivity index (χ3v) is 4.75. The summed E-state index contributed by atoms with van der Waals surface area (Å²) in [4.78, 5) is 16.2. The highest BCUT2D eigenvalue weighted by atomic mass is 32.2. The number of hydrogen-bond donors (Lipinski definition) is 2. The Morgan fingerprint density at radius 3 is 2.95 bits per heavy atom. The molecule has 22 heavy (non-hydrogen) atoms. The van der Waals surface area contributed by atoms with Crippen LogP contribution in [0.15, 0.2) is 34.4 Å². The van der Waals surface area contributed by atoms with Crippen molar-refractivity contribution < 1.29 is 9.90 Å². The molecule has 7 heteroatoms. The van der Waals surface area contributed by atoms with E-state index in [2.05, 4.69) is 31.1 Å². The molecule has 0 aliphatic rings. The van der Waals surface area contributed by atoms with Gasteiger partial charge in [-0.1, -0.05) is 11.8 Å². The fraction of sp³-hybridized carbons (Fsp3) is 0.467. The zero-order chi connectivity index (χ0) is 16.2. The van der Waals surface area contributed by atoms with Crippen LogP contribution in [0.5, 0.6) is 0 Å². The number of hydrogen-bond acceptors (Lipinski definition) is 5. The van der Waals surface area contributed by atoms with Gasteiger partial charge in [0.05, 0.1) is 11.9 Å². The number of aliphatic hydroxyl groups excluding tert-OH is 1. The number of aliphatic hydroxyl groups is 1. The van der Waals surface area contributed by atoms with Crippen molar-refractivity contribution in [2.75, 3.05) is 12.3 Å². The van der Waals surface area contributed by atoms with Crippen LogP contribution in [-0.4, -0.2) is 32.9 Å². The lowest BCUT2D eigenvalue weighted by molar-refractivity contribution is -0.119. The van der Waals surface area contributed by atoms with E-state index >= 15 is 0 Å². The minimum Gasteiger partial charge on any atom is -0.387 e. The molecule has 0 spiro atoms. The maximum atomic E-state index is 11.9. The Balaban J connectivity index is 1.80. The number of amides is 1. The molecule has 1 unspecified atom stereocenters. The molecule has 0 saturated heterocycles. The van der Waals surface area contributed by atoms with Crippen molar-refractivity contribution in [3.63, 3.8) is 0 Å². The quantitative estimate of drug-likeness (QED) is 0.794. The van der Waals surface area contributed by atoms with Gasteiger partial charge in [0, 0.05) is 24.5 Å². The normalized spacial score (nSPS) is 13.1. The topological polar surface area (TPSA) is 67.2 Å². The summed E-state index contributed by atoms with van der Waals surface area (Å²) in [5.41, 5.74) is 0.769. The van der Waals surface area contributed by atoms with Crippen LogP contribution < -0.4 is 5.32 Å². The zero-order valence-corrected chi connectivity index (χ0v) is 14.6. The Bertz CT molecular complexity index is 603. The van der Waals surface area contributed by atoms with Gasteiger partial charge < -0.3 is 15.0 Å². The van der Waals surface area contributed by atoms with Crippen molar-refractivity contribution in [2.45, 2.75) is 37.6 Å². The lowest BCUT2D eigenvalue weighted by Crippen LogP contribution is -2.30. The van der Waals surface area contributed by atoms with Gasteiger partial charge in [-0.05, 0) is 43.2 Å². The molecule has 0 radical (unpaired) electrons. The molecule has 2 aromatic heterocycles. The number of imidazole rings is 1. The van der Waals surface area contributed by atoms with Crippen LogP contribution in [0.3, 0.4) is 0 Å². The van der Waals surface area contributed by atoms with Crippen molar-refractivity contribution >= 4 is 29.0 Å². The minimum atomic E-state index is -0.656. The van der Waals surface area contributed by atoms with Gasteiger partial charge in [0.1, 0.15) is 0 Å². The van der Waals surface area contributed by atoms with Gasteiger partial charge >= 0.3 is 0 Å². The lowest BCUT2D eigenvalue weighted by Gasteiger charge is -2.22. The average molecular weight is 339 g/mol. The van der Waals surface area contributed by atoms with Gasteiger partial charge in [-0.3, -0.25) is 4.79 Å². The second-order valence-electron chi connectivity index (χ2n) is 5.92. The molecule has 2 heterocycles. The largest absolute Gasteiger partial charge is 0.387 e. The maximum absolute atomic E-state index is 11.9. The zero-order valence-electron chi connectivity index (χ0n) is 12.9. The predicted octanol–water partition coefficient (Wildman–Crippen LogP) is 2.64. The summed E-state index contributed by atoms with van der Waals surface area (Å²) in [7, 11) is 0. The van der Waals surface area contributed by atoms with Crippen LogP contribution in [-0.2, 0) is 10.3 Å². The summed E-state index contributed by atoms with van der Waals surface area (Å²) in [6, 6.07) is 1.86. The van der Waals surface area contributed by atoms with Crippen LogP contribution in [0.2, 0.25) is 0 Å². The SMILES string of the molecule is CC(C)(C)n1ccnc1SCC(=O)NCC(O)c1ccsc1. The average Bonchev–Trinajstić information content (AvgIpc) is 3.11. The first kappa shape index (κ1) is 17.1. The number of nitrogens with zero attached hydrogens (tertiary/aromatic N) is 2. The van der Waals surface area contributed by atoms with Crippen LogP contribution >= 0.6 is 23.1 Å². The van der Waals surface area contributed by atoms with E-state index in [1.165, 1.54) is 23.1 Å². The molecule has 0 aliphatic heterocycles. The molecule has 1 amide bonds. The van der Waals surface area contributed by atoms with E-state index in [0.29, 0.717) is 0 Å². The van der Waals surface area contributed by atoms with Crippen molar-refractivity contribution in [1.29, 1.82) is 0 Å². The molecule has 0 aliphatic carbocycles. The molecular weight excluding hydrogens is 318 g/mol. The molecule has 2 aromatic rings. The lowest BCUT2D eigenvalue weighted by atomic mass is 10.1.